The molecule has 30 heavy (non-hydrogen) atoms. The van der Waals surface area contributed by atoms with Crippen molar-refractivity contribution in [3.05, 3.63) is 54.1 Å². The first kappa shape index (κ1) is 21.2. The first-order chi connectivity index (χ1) is 14.0. The number of sulfonamides is 2. The third-order valence-electron chi connectivity index (χ3n) is 3.98. The van der Waals surface area contributed by atoms with Gasteiger partial charge >= 0.3 is 0 Å². The number of aromatic amines is 1. The fourth-order valence-electron chi connectivity index (χ4n) is 3.02. The average Bonchev–Trinajstić information content (AvgIpc) is 2.95. The molecule has 0 aliphatic carbocycles. The summed E-state index contributed by atoms with van der Waals surface area (Å²) in [5.74, 6) is -0.244. The number of aromatic nitrogens is 1. The van der Waals surface area contributed by atoms with Crippen LogP contribution in [0.5, 0.6) is 5.88 Å². The van der Waals surface area contributed by atoms with Crippen molar-refractivity contribution in [2.45, 2.75) is 0 Å². The summed E-state index contributed by atoms with van der Waals surface area (Å²) >= 11 is 0. The Morgan fingerprint density at radius 3 is 1.90 bits per heavy atom. The van der Waals surface area contributed by atoms with Crippen molar-refractivity contribution in [3.8, 4) is 34.3 Å². The minimum absolute atomic E-state index is 0.0837. The van der Waals surface area contributed by atoms with Crippen molar-refractivity contribution in [1.29, 1.82) is 5.26 Å². The van der Waals surface area contributed by atoms with E-state index in [1.54, 1.807) is 30.3 Å². The summed E-state index contributed by atoms with van der Waals surface area (Å²) in [4.78, 5) is 2.74. The summed E-state index contributed by atoms with van der Waals surface area (Å²) in [6, 6.07) is 15.0. The zero-order valence-electron chi connectivity index (χ0n) is 16.0. The van der Waals surface area contributed by atoms with Crippen LogP contribution in [0.25, 0.3) is 22.4 Å². The average molecular weight is 447 g/mol. The van der Waals surface area contributed by atoms with Crippen LogP contribution in [0.2, 0.25) is 0 Å². The minimum atomic E-state index is -3.65. The highest BCUT2D eigenvalue weighted by Crippen LogP contribution is 2.40. The molecule has 0 spiro atoms. The van der Waals surface area contributed by atoms with Crippen molar-refractivity contribution in [1.82, 2.24) is 4.98 Å². The predicted octanol–water partition coefficient (Wildman–Crippen LogP) is 2.67. The summed E-state index contributed by atoms with van der Waals surface area (Å²) < 4.78 is 51.2. The second-order valence-electron chi connectivity index (χ2n) is 6.62. The van der Waals surface area contributed by atoms with Gasteiger partial charge in [0.1, 0.15) is 6.07 Å². The Hall–Kier alpha value is -3.49. The van der Waals surface area contributed by atoms with E-state index in [0.717, 1.165) is 12.5 Å². The van der Waals surface area contributed by atoms with Gasteiger partial charge in [-0.3, -0.25) is 9.44 Å². The van der Waals surface area contributed by atoms with Gasteiger partial charge in [-0.15, -0.1) is 0 Å². The standard InChI is InChI=1S/C19H18N4O5S2/c1-29(25,26)22-14-8-13(9-15(10-14)23-30(2,27)28)18-16(11-20)17(19(24)21-18)12-6-4-3-5-7-12/h3-10,21-24H,1-2H3. The van der Waals surface area contributed by atoms with E-state index in [1.165, 1.54) is 18.2 Å². The Bertz CT molecular complexity index is 1300. The Kier molecular flexibility index (Phi) is 5.47. The number of H-pyrrole nitrogens is 1. The van der Waals surface area contributed by atoms with E-state index in [-0.39, 0.29) is 34.1 Å². The molecule has 9 nitrogen and oxygen atoms in total. The van der Waals surface area contributed by atoms with E-state index in [4.69, 9.17) is 0 Å². The molecule has 3 aromatic rings. The number of nitriles is 1. The van der Waals surface area contributed by atoms with Gasteiger partial charge in [0.15, 0.2) is 5.88 Å². The topological polar surface area (TPSA) is 152 Å². The van der Waals surface area contributed by atoms with Crippen LogP contribution in [0.4, 0.5) is 11.4 Å². The third kappa shape index (κ3) is 4.91. The summed E-state index contributed by atoms with van der Waals surface area (Å²) in [6.07, 6.45) is 1.91. The van der Waals surface area contributed by atoms with Crippen LogP contribution in [0, 0.1) is 11.3 Å². The van der Waals surface area contributed by atoms with Crippen molar-refractivity contribution in [3.63, 3.8) is 0 Å². The molecule has 0 bridgehead atoms. The molecule has 4 N–H and O–H groups in total. The highest BCUT2D eigenvalue weighted by Gasteiger charge is 2.21. The van der Waals surface area contributed by atoms with Gasteiger partial charge in [0.05, 0.1) is 40.7 Å². The van der Waals surface area contributed by atoms with Crippen LogP contribution in [0.1, 0.15) is 5.56 Å². The zero-order chi connectivity index (χ0) is 22.1. The molecule has 0 unspecified atom stereocenters. The van der Waals surface area contributed by atoms with E-state index in [9.17, 15) is 27.2 Å². The van der Waals surface area contributed by atoms with Gasteiger partial charge in [-0.25, -0.2) is 16.8 Å². The van der Waals surface area contributed by atoms with Gasteiger partial charge in [-0.1, -0.05) is 30.3 Å². The summed E-state index contributed by atoms with van der Waals surface area (Å²) in [6.45, 7) is 0. The number of hydrogen-bond acceptors (Lipinski definition) is 6. The molecule has 0 atom stereocenters. The second-order valence-corrected chi connectivity index (χ2v) is 10.1. The maximum Gasteiger partial charge on any atom is 0.229 e. The van der Waals surface area contributed by atoms with Crippen LogP contribution in [-0.4, -0.2) is 39.4 Å². The quantitative estimate of drug-likeness (QED) is 0.457. The molecule has 2 aromatic carbocycles. The molecule has 0 amide bonds. The number of aromatic hydroxyl groups is 1. The first-order valence-electron chi connectivity index (χ1n) is 8.48. The molecule has 0 aliphatic heterocycles. The van der Waals surface area contributed by atoms with Crippen molar-refractivity contribution in [2.75, 3.05) is 22.0 Å². The number of anilines is 2. The van der Waals surface area contributed by atoms with Crippen molar-refractivity contribution in [2.24, 2.45) is 0 Å². The molecule has 0 fully saturated rings. The number of nitrogens with zero attached hydrogens (tertiary/aromatic N) is 1. The molecular weight excluding hydrogens is 428 g/mol. The van der Waals surface area contributed by atoms with E-state index < -0.39 is 20.0 Å². The fraction of sp³-hybridized carbons (Fsp3) is 0.105. The van der Waals surface area contributed by atoms with Crippen LogP contribution in [0.3, 0.4) is 0 Å². The van der Waals surface area contributed by atoms with E-state index in [1.807, 2.05) is 6.07 Å². The molecule has 3 rings (SSSR count). The number of nitrogens with one attached hydrogen (secondary N) is 3. The van der Waals surface area contributed by atoms with E-state index in [2.05, 4.69) is 14.4 Å². The summed E-state index contributed by atoms with van der Waals surface area (Å²) in [5, 5.41) is 20.2. The summed E-state index contributed by atoms with van der Waals surface area (Å²) in [7, 11) is -7.30. The van der Waals surface area contributed by atoms with E-state index >= 15 is 0 Å². The molecule has 1 aromatic heterocycles. The molecule has 11 heteroatoms. The van der Waals surface area contributed by atoms with Crippen LogP contribution < -0.4 is 9.44 Å². The SMILES string of the molecule is CS(=O)(=O)Nc1cc(NS(C)(=O)=O)cc(-c2[nH]c(O)c(-c3ccccc3)c2C#N)c1. The van der Waals surface area contributed by atoms with Crippen LogP contribution in [-0.2, 0) is 20.0 Å². The minimum Gasteiger partial charge on any atom is -0.494 e. The molecule has 1 heterocycles. The molecule has 0 aliphatic rings. The Balaban J connectivity index is 2.23. The highest BCUT2D eigenvalue weighted by molar-refractivity contribution is 7.92. The maximum absolute atomic E-state index is 11.7. The van der Waals surface area contributed by atoms with Gasteiger partial charge in [-0.05, 0) is 23.8 Å². The normalized spacial score (nSPS) is 11.6. The lowest BCUT2D eigenvalue weighted by atomic mass is 10.00. The Labute approximate surface area is 174 Å². The van der Waals surface area contributed by atoms with Crippen LogP contribution in [0.15, 0.2) is 48.5 Å². The lowest BCUT2D eigenvalue weighted by molar-refractivity contribution is 0.459. The molecular formula is C19H18N4O5S2. The first-order valence-corrected chi connectivity index (χ1v) is 12.3. The van der Waals surface area contributed by atoms with Gasteiger partial charge in [0.25, 0.3) is 0 Å². The number of benzene rings is 2. The monoisotopic (exact) mass is 446 g/mol. The maximum atomic E-state index is 11.7. The Morgan fingerprint density at radius 1 is 0.900 bits per heavy atom. The predicted molar refractivity (Wildman–Crippen MR) is 115 cm³/mol. The number of rotatable bonds is 6. The smallest absolute Gasteiger partial charge is 0.229 e. The van der Waals surface area contributed by atoms with Crippen LogP contribution >= 0.6 is 0 Å². The third-order valence-corrected chi connectivity index (χ3v) is 5.20. The molecule has 0 saturated carbocycles. The van der Waals surface area contributed by atoms with E-state index in [0.29, 0.717) is 11.1 Å². The lowest BCUT2D eigenvalue weighted by Crippen LogP contribution is -2.12. The number of hydrogen-bond donors (Lipinski definition) is 4. The molecule has 0 saturated heterocycles. The van der Waals surface area contributed by atoms with Gasteiger partial charge in [0.2, 0.25) is 20.0 Å². The zero-order valence-corrected chi connectivity index (χ0v) is 17.6. The highest BCUT2D eigenvalue weighted by atomic mass is 32.2. The fourth-order valence-corrected chi connectivity index (χ4v) is 4.11. The van der Waals surface area contributed by atoms with Gasteiger partial charge in [0, 0.05) is 5.56 Å². The summed E-state index contributed by atoms with van der Waals surface area (Å²) in [5.41, 5.74) is 1.69. The Morgan fingerprint density at radius 2 is 1.43 bits per heavy atom. The molecule has 0 radical (unpaired) electrons. The van der Waals surface area contributed by atoms with Gasteiger partial charge < -0.3 is 10.1 Å². The second kappa shape index (κ2) is 7.74. The largest absolute Gasteiger partial charge is 0.494 e. The van der Waals surface area contributed by atoms with Crippen molar-refractivity contribution < 1.29 is 21.9 Å². The van der Waals surface area contributed by atoms with Crippen molar-refractivity contribution >= 4 is 31.4 Å². The molecule has 156 valence electrons. The van der Waals surface area contributed by atoms with Gasteiger partial charge in [-0.2, -0.15) is 5.26 Å². The lowest BCUT2D eigenvalue weighted by Gasteiger charge is -2.11.